The number of Topliss-reactive ketones (excluding diaryl/α,β-unsaturated/α-hetero) is 1. The standard InChI is InChI=1S/C45H49N3O6S/c1-53-45(50)47-44(43(36-19-7-3-8-20-36)37-21-9-4-10-22-37)42(49)29-38-23-12-11-17-34(38)26-28-40-30-46-39(31-54-40)27-25-35-18-13-14-24-41(35)48-55(51,52)32-33-15-5-2-6-16-33/h2-24,39-40,43-44,46,48H,25-32H2,1H3,(H,47,50)/t39-,40-,44?/m1/s1. The summed E-state index contributed by atoms with van der Waals surface area (Å²) >= 11 is 0. The molecule has 3 atom stereocenters. The van der Waals surface area contributed by atoms with Crippen LogP contribution in [0.4, 0.5) is 10.5 Å². The molecule has 55 heavy (non-hydrogen) atoms. The molecule has 1 aliphatic heterocycles. The number of nitrogens with one attached hydrogen (secondary N) is 3. The molecule has 1 aliphatic rings. The van der Waals surface area contributed by atoms with Crippen molar-refractivity contribution in [1.29, 1.82) is 0 Å². The maximum atomic E-state index is 14.2. The number of carbonyl (C=O) groups is 2. The Morgan fingerprint density at radius 3 is 1.93 bits per heavy atom. The second-order valence-electron chi connectivity index (χ2n) is 14.0. The van der Waals surface area contributed by atoms with Crippen molar-refractivity contribution in [2.75, 3.05) is 25.0 Å². The predicted molar refractivity (Wildman–Crippen MR) is 217 cm³/mol. The Bertz CT molecular complexity index is 2050. The summed E-state index contributed by atoms with van der Waals surface area (Å²) in [5.74, 6) is -0.605. The fraction of sp³-hybridized carbons (Fsp3) is 0.289. The van der Waals surface area contributed by atoms with Gasteiger partial charge in [0.1, 0.15) is 6.04 Å². The largest absolute Gasteiger partial charge is 0.453 e. The third-order valence-electron chi connectivity index (χ3n) is 10.1. The van der Waals surface area contributed by atoms with Gasteiger partial charge < -0.3 is 20.1 Å². The second-order valence-corrected chi connectivity index (χ2v) is 15.7. The van der Waals surface area contributed by atoms with Gasteiger partial charge in [-0.25, -0.2) is 13.2 Å². The molecule has 6 rings (SSSR count). The predicted octanol–water partition coefficient (Wildman–Crippen LogP) is 7.22. The van der Waals surface area contributed by atoms with Crippen molar-refractivity contribution < 1.29 is 27.5 Å². The highest BCUT2D eigenvalue weighted by molar-refractivity contribution is 7.91. The molecule has 1 heterocycles. The minimum absolute atomic E-state index is 0.00590. The van der Waals surface area contributed by atoms with Gasteiger partial charge in [-0.1, -0.05) is 133 Å². The number of ketones is 1. The molecule has 0 spiro atoms. The van der Waals surface area contributed by atoms with Crippen LogP contribution in [0.15, 0.2) is 140 Å². The van der Waals surface area contributed by atoms with E-state index in [1.807, 2.05) is 133 Å². The fourth-order valence-corrected chi connectivity index (χ4v) is 8.46. The minimum atomic E-state index is -3.57. The summed E-state index contributed by atoms with van der Waals surface area (Å²) in [5.41, 5.74) is 6.11. The Balaban J connectivity index is 1.04. The number of sulfonamides is 1. The molecular formula is C45H49N3O6S. The van der Waals surface area contributed by atoms with Crippen molar-refractivity contribution in [2.24, 2.45) is 0 Å². The van der Waals surface area contributed by atoms with Gasteiger partial charge in [0.25, 0.3) is 0 Å². The third-order valence-corrected chi connectivity index (χ3v) is 11.3. The van der Waals surface area contributed by atoms with Crippen molar-refractivity contribution in [3.05, 3.63) is 173 Å². The van der Waals surface area contributed by atoms with E-state index in [0.717, 1.165) is 52.6 Å². The lowest BCUT2D eigenvalue weighted by atomic mass is 9.81. The van der Waals surface area contributed by atoms with E-state index >= 15 is 0 Å². The van der Waals surface area contributed by atoms with Gasteiger partial charge in [-0.15, -0.1) is 0 Å². The number of aryl methyl sites for hydroxylation is 2. The third kappa shape index (κ3) is 11.4. The summed E-state index contributed by atoms with van der Waals surface area (Å²) in [6, 6.07) is 43.5. The van der Waals surface area contributed by atoms with Gasteiger partial charge in [-0.2, -0.15) is 0 Å². The van der Waals surface area contributed by atoms with Crippen LogP contribution in [-0.4, -0.2) is 58.7 Å². The number of anilines is 1. The van der Waals surface area contributed by atoms with Crippen molar-refractivity contribution in [3.63, 3.8) is 0 Å². The molecular weight excluding hydrogens is 711 g/mol. The number of hydrogen-bond acceptors (Lipinski definition) is 7. The number of amides is 1. The summed E-state index contributed by atoms with van der Waals surface area (Å²) in [6.07, 6.45) is 2.49. The lowest BCUT2D eigenvalue weighted by Gasteiger charge is -2.31. The van der Waals surface area contributed by atoms with Crippen molar-refractivity contribution in [3.8, 4) is 0 Å². The van der Waals surface area contributed by atoms with Crippen LogP contribution in [0.5, 0.6) is 0 Å². The Morgan fingerprint density at radius 1 is 0.745 bits per heavy atom. The maximum absolute atomic E-state index is 14.2. The number of benzene rings is 5. The molecule has 5 aromatic carbocycles. The first-order chi connectivity index (χ1) is 26.8. The van der Waals surface area contributed by atoms with E-state index in [4.69, 9.17) is 9.47 Å². The minimum Gasteiger partial charge on any atom is -0.453 e. The van der Waals surface area contributed by atoms with Crippen LogP contribution in [-0.2, 0) is 49.3 Å². The van der Waals surface area contributed by atoms with Crippen LogP contribution in [0, 0.1) is 0 Å². The van der Waals surface area contributed by atoms with Crippen LogP contribution in [0.25, 0.3) is 0 Å². The quantitative estimate of drug-likeness (QED) is 0.0916. The molecule has 0 radical (unpaired) electrons. The lowest BCUT2D eigenvalue weighted by molar-refractivity contribution is -0.120. The number of morpholine rings is 1. The van der Waals surface area contributed by atoms with Gasteiger partial charge in [-0.3, -0.25) is 9.52 Å². The van der Waals surface area contributed by atoms with E-state index < -0.39 is 28.1 Å². The molecule has 5 aromatic rings. The monoisotopic (exact) mass is 759 g/mol. The van der Waals surface area contributed by atoms with Gasteiger partial charge in [0.2, 0.25) is 10.0 Å². The van der Waals surface area contributed by atoms with Crippen molar-refractivity contribution in [1.82, 2.24) is 10.6 Å². The van der Waals surface area contributed by atoms with Gasteiger partial charge >= 0.3 is 6.09 Å². The van der Waals surface area contributed by atoms with Crippen LogP contribution in [0.2, 0.25) is 0 Å². The Kier molecular flexibility index (Phi) is 13.9. The van der Waals surface area contributed by atoms with E-state index in [2.05, 4.69) is 21.4 Å². The van der Waals surface area contributed by atoms with Crippen LogP contribution in [0.3, 0.4) is 0 Å². The molecule has 1 amide bonds. The molecule has 0 saturated carbocycles. The van der Waals surface area contributed by atoms with Crippen LogP contribution < -0.4 is 15.4 Å². The van der Waals surface area contributed by atoms with Crippen LogP contribution >= 0.6 is 0 Å². The number of carbonyl (C=O) groups excluding carboxylic acids is 2. The van der Waals surface area contributed by atoms with Crippen molar-refractivity contribution in [2.45, 2.75) is 62.0 Å². The molecule has 1 fully saturated rings. The smallest absolute Gasteiger partial charge is 0.407 e. The number of ether oxygens (including phenoxy) is 2. The summed E-state index contributed by atoms with van der Waals surface area (Å²) in [7, 11) is -2.27. The first-order valence-electron chi connectivity index (χ1n) is 18.8. The maximum Gasteiger partial charge on any atom is 0.407 e. The Labute approximate surface area is 324 Å². The topological polar surface area (TPSA) is 123 Å². The Morgan fingerprint density at radius 2 is 1.31 bits per heavy atom. The summed E-state index contributed by atoms with van der Waals surface area (Å²) < 4.78 is 40.0. The average molecular weight is 760 g/mol. The molecule has 1 unspecified atom stereocenters. The zero-order chi connectivity index (χ0) is 38.5. The molecule has 286 valence electrons. The number of para-hydroxylation sites is 1. The van der Waals surface area contributed by atoms with E-state index in [9.17, 15) is 18.0 Å². The summed E-state index contributed by atoms with van der Waals surface area (Å²) in [6.45, 7) is 1.24. The highest BCUT2D eigenvalue weighted by Gasteiger charge is 2.33. The second kappa shape index (κ2) is 19.3. The molecule has 10 heteroatoms. The average Bonchev–Trinajstić information content (AvgIpc) is 3.21. The lowest BCUT2D eigenvalue weighted by Crippen LogP contribution is -2.46. The summed E-state index contributed by atoms with van der Waals surface area (Å²) in [4.78, 5) is 26.9. The molecule has 0 aliphatic carbocycles. The Hall–Kier alpha value is -5.29. The highest BCUT2D eigenvalue weighted by Crippen LogP contribution is 2.30. The first kappa shape index (κ1) is 39.4. The molecule has 3 N–H and O–H groups in total. The molecule has 1 saturated heterocycles. The van der Waals surface area contributed by atoms with E-state index in [1.165, 1.54) is 7.11 Å². The number of methoxy groups -OCH3 is 1. The summed E-state index contributed by atoms with van der Waals surface area (Å²) in [5, 5.41) is 6.50. The van der Waals surface area contributed by atoms with E-state index in [1.54, 1.807) is 0 Å². The SMILES string of the molecule is COC(=O)NC(C(=O)Cc1ccccc1CC[C@@H]1CN[C@H](CCc2ccccc2NS(=O)(=O)Cc2ccccc2)CO1)C(c1ccccc1)c1ccccc1. The zero-order valence-electron chi connectivity index (χ0n) is 31.1. The first-order valence-corrected chi connectivity index (χ1v) is 20.4. The molecule has 0 bridgehead atoms. The van der Waals surface area contributed by atoms with E-state index in [0.29, 0.717) is 25.3 Å². The van der Waals surface area contributed by atoms with Gasteiger partial charge in [0.05, 0.1) is 31.3 Å². The fourth-order valence-electron chi connectivity index (χ4n) is 7.23. The van der Waals surface area contributed by atoms with Gasteiger partial charge in [0.15, 0.2) is 5.78 Å². The number of hydrogen-bond donors (Lipinski definition) is 3. The van der Waals surface area contributed by atoms with Gasteiger partial charge in [-0.05, 0) is 65.1 Å². The normalized spacial score (nSPS) is 16.3. The zero-order valence-corrected chi connectivity index (χ0v) is 31.9. The van der Waals surface area contributed by atoms with Crippen LogP contribution in [0.1, 0.15) is 52.1 Å². The van der Waals surface area contributed by atoms with Crippen molar-refractivity contribution >= 4 is 27.6 Å². The number of rotatable bonds is 17. The number of alkyl carbamates (subject to hydrolysis) is 1. The van der Waals surface area contributed by atoms with E-state index in [-0.39, 0.29) is 30.1 Å². The molecule has 9 nitrogen and oxygen atoms in total. The van der Waals surface area contributed by atoms with Gasteiger partial charge in [0, 0.05) is 24.9 Å². The molecule has 0 aromatic heterocycles. The highest BCUT2D eigenvalue weighted by atomic mass is 32.2.